The van der Waals surface area contributed by atoms with Crippen LogP contribution in [-0.2, 0) is 0 Å². The van der Waals surface area contributed by atoms with E-state index >= 15 is 0 Å². The van der Waals surface area contributed by atoms with Crippen LogP contribution in [0.5, 0.6) is 0 Å². The first-order valence-electron chi connectivity index (χ1n) is 3.92. The third-order valence-electron chi connectivity index (χ3n) is 2.03. The van der Waals surface area contributed by atoms with Crippen molar-refractivity contribution < 1.29 is 4.79 Å². The summed E-state index contributed by atoms with van der Waals surface area (Å²) in [6.07, 6.45) is 2.57. The molecule has 2 heterocycles. The normalized spacial score (nSPS) is 10.5. The lowest BCUT2D eigenvalue weighted by atomic mass is 10.3. The SMILES string of the molecule is Cc1nc2c(C=O)cccn2c1N. The predicted molar refractivity (Wildman–Crippen MR) is 49.7 cm³/mol. The molecule has 0 unspecified atom stereocenters. The van der Waals surface area contributed by atoms with E-state index in [-0.39, 0.29) is 0 Å². The van der Waals surface area contributed by atoms with Crippen LogP contribution in [0.1, 0.15) is 16.1 Å². The summed E-state index contributed by atoms with van der Waals surface area (Å²) in [5.41, 5.74) is 7.67. The summed E-state index contributed by atoms with van der Waals surface area (Å²) in [6, 6.07) is 3.49. The molecule has 2 aromatic heterocycles. The molecule has 4 heteroatoms. The molecule has 0 spiro atoms. The molecule has 0 bridgehead atoms. The van der Waals surface area contributed by atoms with Gasteiger partial charge in [0.05, 0.1) is 11.3 Å². The first kappa shape index (κ1) is 7.79. The van der Waals surface area contributed by atoms with Crippen LogP contribution in [0.25, 0.3) is 5.65 Å². The summed E-state index contributed by atoms with van der Waals surface area (Å²) in [5.74, 6) is 0.582. The molecule has 0 aliphatic heterocycles. The number of carbonyl (C=O) groups excluding carboxylic acids is 1. The minimum atomic E-state index is 0.558. The molecule has 0 aliphatic carbocycles. The molecule has 0 atom stereocenters. The molecular weight excluding hydrogens is 166 g/mol. The van der Waals surface area contributed by atoms with E-state index in [4.69, 9.17) is 5.73 Å². The number of pyridine rings is 1. The predicted octanol–water partition coefficient (Wildman–Crippen LogP) is 1.04. The second-order valence-corrected chi connectivity index (χ2v) is 2.86. The highest BCUT2D eigenvalue weighted by Gasteiger charge is 2.07. The van der Waals surface area contributed by atoms with Gasteiger partial charge in [-0.1, -0.05) is 0 Å². The van der Waals surface area contributed by atoms with Crippen LogP contribution in [0.3, 0.4) is 0 Å². The smallest absolute Gasteiger partial charge is 0.153 e. The Morgan fingerprint density at radius 2 is 2.38 bits per heavy atom. The molecule has 0 aliphatic rings. The molecule has 0 fully saturated rings. The Hall–Kier alpha value is -1.84. The molecule has 0 amide bonds. The number of hydrogen-bond acceptors (Lipinski definition) is 3. The molecule has 0 saturated carbocycles. The average Bonchev–Trinajstić information content (AvgIpc) is 2.43. The Morgan fingerprint density at radius 1 is 1.62 bits per heavy atom. The summed E-state index contributed by atoms with van der Waals surface area (Å²) in [5, 5.41) is 0. The van der Waals surface area contributed by atoms with Crippen LogP contribution in [-0.4, -0.2) is 15.7 Å². The van der Waals surface area contributed by atoms with Gasteiger partial charge in [-0.05, 0) is 19.1 Å². The molecule has 2 rings (SSSR count). The van der Waals surface area contributed by atoms with Gasteiger partial charge < -0.3 is 5.73 Å². The van der Waals surface area contributed by atoms with Gasteiger partial charge in [0, 0.05) is 6.20 Å². The number of imidazole rings is 1. The maximum absolute atomic E-state index is 10.6. The van der Waals surface area contributed by atoms with Gasteiger partial charge >= 0.3 is 0 Å². The van der Waals surface area contributed by atoms with E-state index in [0.29, 0.717) is 17.0 Å². The van der Waals surface area contributed by atoms with Crippen LogP contribution >= 0.6 is 0 Å². The van der Waals surface area contributed by atoms with Crippen molar-refractivity contribution in [3.63, 3.8) is 0 Å². The largest absolute Gasteiger partial charge is 0.383 e. The number of anilines is 1. The van der Waals surface area contributed by atoms with E-state index in [9.17, 15) is 4.79 Å². The molecule has 4 nitrogen and oxygen atoms in total. The second kappa shape index (κ2) is 2.58. The van der Waals surface area contributed by atoms with Crippen molar-refractivity contribution in [1.82, 2.24) is 9.38 Å². The van der Waals surface area contributed by atoms with Gasteiger partial charge in [-0.2, -0.15) is 0 Å². The third kappa shape index (κ3) is 0.989. The Balaban J connectivity index is 2.92. The number of aryl methyl sites for hydroxylation is 1. The van der Waals surface area contributed by atoms with Crippen molar-refractivity contribution in [2.75, 3.05) is 5.73 Å². The number of hydrogen-bond donors (Lipinski definition) is 1. The van der Waals surface area contributed by atoms with Gasteiger partial charge in [0.1, 0.15) is 11.5 Å². The van der Waals surface area contributed by atoms with Crippen LogP contribution in [0.4, 0.5) is 5.82 Å². The van der Waals surface area contributed by atoms with E-state index in [1.54, 1.807) is 22.7 Å². The van der Waals surface area contributed by atoms with Gasteiger partial charge in [-0.15, -0.1) is 0 Å². The highest BCUT2D eigenvalue weighted by molar-refractivity contribution is 5.84. The van der Waals surface area contributed by atoms with Crippen LogP contribution in [0, 0.1) is 6.92 Å². The molecule has 13 heavy (non-hydrogen) atoms. The van der Waals surface area contributed by atoms with E-state index in [0.717, 1.165) is 12.0 Å². The van der Waals surface area contributed by atoms with Crippen molar-refractivity contribution in [2.45, 2.75) is 6.92 Å². The van der Waals surface area contributed by atoms with E-state index in [1.807, 2.05) is 6.92 Å². The number of nitrogen functional groups attached to an aromatic ring is 1. The first-order valence-corrected chi connectivity index (χ1v) is 3.92. The lowest BCUT2D eigenvalue weighted by Crippen LogP contribution is -1.95. The van der Waals surface area contributed by atoms with Crippen LogP contribution < -0.4 is 5.73 Å². The molecular formula is C9H9N3O. The molecule has 2 N–H and O–H groups in total. The van der Waals surface area contributed by atoms with Crippen molar-refractivity contribution in [1.29, 1.82) is 0 Å². The average molecular weight is 175 g/mol. The monoisotopic (exact) mass is 175 g/mol. The van der Waals surface area contributed by atoms with E-state index in [1.165, 1.54) is 0 Å². The Morgan fingerprint density at radius 3 is 3.08 bits per heavy atom. The molecule has 0 saturated heterocycles. The van der Waals surface area contributed by atoms with Gasteiger partial charge in [0.25, 0.3) is 0 Å². The Bertz CT molecular complexity index is 473. The summed E-state index contributed by atoms with van der Waals surface area (Å²) in [7, 11) is 0. The quantitative estimate of drug-likeness (QED) is 0.658. The zero-order chi connectivity index (χ0) is 9.42. The number of nitrogens with zero attached hydrogens (tertiary/aromatic N) is 2. The summed E-state index contributed by atoms with van der Waals surface area (Å²) >= 11 is 0. The number of aromatic nitrogens is 2. The van der Waals surface area contributed by atoms with Crippen molar-refractivity contribution in [2.24, 2.45) is 0 Å². The van der Waals surface area contributed by atoms with Crippen molar-refractivity contribution in [3.05, 3.63) is 29.6 Å². The summed E-state index contributed by atoms with van der Waals surface area (Å²) < 4.78 is 1.71. The fourth-order valence-corrected chi connectivity index (χ4v) is 1.31. The Kier molecular flexibility index (Phi) is 1.55. The number of carbonyl (C=O) groups is 1. The second-order valence-electron chi connectivity index (χ2n) is 2.86. The van der Waals surface area contributed by atoms with Gasteiger partial charge in [-0.25, -0.2) is 4.98 Å². The maximum Gasteiger partial charge on any atom is 0.153 e. The van der Waals surface area contributed by atoms with Gasteiger partial charge in [0.15, 0.2) is 6.29 Å². The fourth-order valence-electron chi connectivity index (χ4n) is 1.31. The third-order valence-corrected chi connectivity index (χ3v) is 2.03. The van der Waals surface area contributed by atoms with Crippen molar-refractivity contribution in [3.8, 4) is 0 Å². The summed E-state index contributed by atoms with van der Waals surface area (Å²) in [6.45, 7) is 1.82. The zero-order valence-corrected chi connectivity index (χ0v) is 7.19. The molecule has 66 valence electrons. The minimum absolute atomic E-state index is 0.558. The Labute approximate surface area is 75.0 Å². The first-order chi connectivity index (χ1) is 6.24. The highest BCUT2D eigenvalue weighted by Crippen LogP contribution is 2.15. The zero-order valence-electron chi connectivity index (χ0n) is 7.19. The standard InChI is InChI=1S/C9H9N3O/c1-6-8(10)12-4-2-3-7(5-13)9(12)11-6/h2-5H,10H2,1H3. The summed E-state index contributed by atoms with van der Waals surface area (Å²) in [4.78, 5) is 14.8. The molecule has 0 aromatic carbocycles. The number of rotatable bonds is 1. The number of aldehydes is 1. The molecule has 2 aromatic rings. The lowest BCUT2D eigenvalue weighted by Gasteiger charge is -1.96. The minimum Gasteiger partial charge on any atom is -0.383 e. The number of nitrogens with two attached hydrogens (primary N) is 1. The van der Waals surface area contributed by atoms with E-state index < -0.39 is 0 Å². The topological polar surface area (TPSA) is 60.4 Å². The van der Waals surface area contributed by atoms with Crippen LogP contribution in [0.2, 0.25) is 0 Å². The maximum atomic E-state index is 10.6. The van der Waals surface area contributed by atoms with E-state index in [2.05, 4.69) is 4.98 Å². The van der Waals surface area contributed by atoms with Gasteiger partial charge in [0.2, 0.25) is 0 Å². The van der Waals surface area contributed by atoms with Crippen LogP contribution in [0.15, 0.2) is 18.3 Å². The fraction of sp³-hybridized carbons (Fsp3) is 0.111. The van der Waals surface area contributed by atoms with Crippen molar-refractivity contribution >= 4 is 17.8 Å². The molecule has 0 radical (unpaired) electrons. The lowest BCUT2D eigenvalue weighted by molar-refractivity contribution is 0.112. The van der Waals surface area contributed by atoms with Gasteiger partial charge in [-0.3, -0.25) is 9.20 Å². The number of fused-ring (bicyclic) bond motifs is 1. The highest BCUT2D eigenvalue weighted by atomic mass is 16.1.